The highest BCUT2D eigenvalue weighted by molar-refractivity contribution is 5.38. The molecule has 3 heteroatoms. The second-order valence-corrected chi connectivity index (χ2v) is 6.56. The first-order valence-corrected chi connectivity index (χ1v) is 6.90. The van der Waals surface area contributed by atoms with Crippen molar-refractivity contribution in [3.63, 3.8) is 0 Å². The molecular formula is C18H20F2O. The van der Waals surface area contributed by atoms with Crippen LogP contribution in [0.3, 0.4) is 0 Å². The third-order valence-corrected chi connectivity index (χ3v) is 3.74. The van der Waals surface area contributed by atoms with Gasteiger partial charge in [0.25, 0.3) is 0 Å². The number of hydrogen-bond acceptors (Lipinski definition) is 1. The maximum absolute atomic E-state index is 13.3. The predicted molar refractivity (Wildman–Crippen MR) is 80.2 cm³/mol. The molecule has 21 heavy (non-hydrogen) atoms. The van der Waals surface area contributed by atoms with Gasteiger partial charge in [0.2, 0.25) is 0 Å². The van der Waals surface area contributed by atoms with Crippen molar-refractivity contribution in [2.75, 3.05) is 0 Å². The largest absolute Gasteiger partial charge is 0.381 e. The standard InChI is InChI=1S/C18H20F2O/c1-17(2,3)12-5-7-13(8-6-12)18(4,21)14-9-15(19)11-16(20)10-14/h5-11,21H,1-4H3. The van der Waals surface area contributed by atoms with Crippen molar-refractivity contribution in [1.29, 1.82) is 0 Å². The Morgan fingerprint density at radius 2 is 1.14 bits per heavy atom. The molecule has 1 atom stereocenters. The van der Waals surface area contributed by atoms with Gasteiger partial charge in [-0.2, -0.15) is 0 Å². The van der Waals surface area contributed by atoms with E-state index in [-0.39, 0.29) is 11.0 Å². The summed E-state index contributed by atoms with van der Waals surface area (Å²) in [5, 5.41) is 10.7. The fourth-order valence-electron chi connectivity index (χ4n) is 2.30. The molecule has 0 aliphatic carbocycles. The predicted octanol–water partition coefficient (Wildman–Crippen LogP) is 4.52. The van der Waals surface area contributed by atoms with Gasteiger partial charge in [0.15, 0.2) is 0 Å². The van der Waals surface area contributed by atoms with Crippen LogP contribution in [0.25, 0.3) is 0 Å². The lowest BCUT2D eigenvalue weighted by molar-refractivity contribution is 0.101. The van der Waals surface area contributed by atoms with E-state index in [4.69, 9.17) is 0 Å². The molecule has 0 amide bonds. The second-order valence-electron chi connectivity index (χ2n) is 6.56. The van der Waals surface area contributed by atoms with Gasteiger partial charge in [-0.1, -0.05) is 45.0 Å². The summed E-state index contributed by atoms with van der Waals surface area (Å²) in [4.78, 5) is 0. The molecule has 0 spiro atoms. The van der Waals surface area contributed by atoms with E-state index in [1.54, 1.807) is 12.1 Å². The Kier molecular flexibility index (Phi) is 3.89. The minimum absolute atomic E-state index is 0.00928. The van der Waals surface area contributed by atoms with Gasteiger partial charge < -0.3 is 5.11 Å². The second kappa shape index (κ2) is 5.23. The van der Waals surface area contributed by atoms with Crippen LogP contribution in [0.1, 0.15) is 44.4 Å². The van der Waals surface area contributed by atoms with Crippen LogP contribution in [0.2, 0.25) is 0 Å². The summed E-state index contributed by atoms with van der Waals surface area (Å²) in [5.41, 5.74) is 0.491. The molecule has 2 aromatic rings. The fraction of sp³-hybridized carbons (Fsp3) is 0.333. The lowest BCUT2D eigenvalue weighted by atomic mass is 9.83. The van der Waals surface area contributed by atoms with E-state index in [0.717, 1.165) is 23.8 Å². The summed E-state index contributed by atoms with van der Waals surface area (Å²) < 4.78 is 26.7. The Labute approximate surface area is 124 Å². The molecule has 0 aromatic heterocycles. The fourth-order valence-corrected chi connectivity index (χ4v) is 2.30. The Balaban J connectivity index is 2.43. The molecule has 0 bridgehead atoms. The van der Waals surface area contributed by atoms with Crippen molar-refractivity contribution in [1.82, 2.24) is 0 Å². The number of aliphatic hydroxyl groups is 1. The van der Waals surface area contributed by atoms with Crippen LogP contribution in [0.5, 0.6) is 0 Å². The van der Waals surface area contributed by atoms with E-state index < -0.39 is 17.2 Å². The lowest BCUT2D eigenvalue weighted by Gasteiger charge is -2.26. The van der Waals surface area contributed by atoms with E-state index in [2.05, 4.69) is 20.8 Å². The van der Waals surface area contributed by atoms with Crippen LogP contribution in [0.4, 0.5) is 8.78 Å². The van der Waals surface area contributed by atoms with Crippen LogP contribution in [-0.2, 0) is 11.0 Å². The first-order valence-electron chi connectivity index (χ1n) is 6.90. The van der Waals surface area contributed by atoms with E-state index in [9.17, 15) is 13.9 Å². The molecule has 0 saturated carbocycles. The van der Waals surface area contributed by atoms with Gasteiger partial charge in [0.1, 0.15) is 17.2 Å². The van der Waals surface area contributed by atoms with Gasteiger partial charge in [-0.3, -0.25) is 0 Å². The SMILES string of the molecule is CC(C)(C)c1ccc(C(C)(O)c2cc(F)cc(F)c2)cc1. The molecule has 0 aliphatic heterocycles. The van der Waals surface area contributed by atoms with Gasteiger partial charge >= 0.3 is 0 Å². The van der Waals surface area contributed by atoms with Crippen LogP contribution in [-0.4, -0.2) is 5.11 Å². The number of halogens is 2. The lowest BCUT2D eigenvalue weighted by Crippen LogP contribution is -2.23. The average Bonchev–Trinajstić information content (AvgIpc) is 2.36. The zero-order valence-electron chi connectivity index (χ0n) is 12.7. The van der Waals surface area contributed by atoms with Crippen molar-refractivity contribution in [3.05, 3.63) is 70.8 Å². The van der Waals surface area contributed by atoms with E-state index in [1.807, 2.05) is 12.1 Å². The number of benzene rings is 2. The first kappa shape index (κ1) is 15.6. The summed E-state index contributed by atoms with van der Waals surface area (Å²) in [6, 6.07) is 10.6. The molecule has 0 aliphatic rings. The van der Waals surface area contributed by atoms with Crippen molar-refractivity contribution < 1.29 is 13.9 Å². The quantitative estimate of drug-likeness (QED) is 0.862. The average molecular weight is 290 g/mol. The zero-order chi connectivity index (χ0) is 15.8. The van der Waals surface area contributed by atoms with Gasteiger partial charge in [-0.15, -0.1) is 0 Å². The topological polar surface area (TPSA) is 20.2 Å². The van der Waals surface area contributed by atoms with E-state index in [0.29, 0.717) is 5.56 Å². The Morgan fingerprint density at radius 3 is 1.57 bits per heavy atom. The highest BCUT2D eigenvalue weighted by Gasteiger charge is 2.27. The van der Waals surface area contributed by atoms with Crippen molar-refractivity contribution in [2.24, 2.45) is 0 Å². The highest BCUT2D eigenvalue weighted by Crippen LogP contribution is 2.32. The summed E-state index contributed by atoms with van der Waals surface area (Å²) in [7, 11) is 0. The van der Waals surface area contributed by atoms with Crippen molar-refractivity contribution >= 4 is 0 Å². The third-order valence-electron chi connectivity index (χ3n) is 3.74. The summed E-state index contributed by atoms with van der Waals surface area (Å²) >= 11 is 0. The molecule has 1 N–H and O–H groups in total. The van der Waals surface area contributed by atoms with Gasteiger partial charge in [0.05, 0.1) is 0 Å². The zero-order valence-corrected chi connectivity index (χ0v) is 12.7. The molecule has 0 heterocycles. The van der Waals surface area contributed by atoms with Gasteiger partial charge in [0, 0.05) is 6.07 Å². The summed E-state index contributed by atoms with van der Waals surface area (Å²) in [6.07, 6.45) is 0. The van der Waals surface area contributed by atoms with Crippen molar-refractivity contribution in [3.8, 4) is 0 Å². The summed E-state index contributed by atoms with van der Waals surface area (Å²) in [5.74, 6) is -1.40. The number of rotatable bonds is 2. The van der Waals surface area contributed by atoms with Crippen LogP contribution >= 0.6 is 0 Å². The third kappa shape index (κ3) is 3.30. The molecular weight excluding hydrogens is 270 g/mol. The van der Waals surface area contributed by atoms with E-state index in [1.165, 1.54) is 6.92 Å². The minimum atomic E-state index is -1.45. The minimum Gasteiger partial charge on any atom is -0.381 e. The molecule has 0 saturated heterocycles. The van der Waals surface area contributed by atoms with Crippen LogP contribution < -0.4 is 0 Å². The molecule has 112 valence electrons. The highest BCUT2D eigenvalue weighted by atomic mass is 19.1. The normalized spacial score (nSPS) is 14.8. The first-order chi connectivity index (χ1) is 9.60. The van der Waals surface area contributed by atoms with Gasteiger partial charge in [-0.05, 0) is 41.2 Å². The van der Waals surface area contributed by atoms with Crippen LogP contribution in [0, 0.1) is 11.6 Å². The molecule has 2 aromatic carbocycles. The maximum atomic E-state index is 13.3. The van der Waals surface area contributed by atoms with Gasteiger partial charge in [-0.25, -0.2) is 8.78 Å². The monoisotopic (exact) mass is 290 g/mol. The molecule has 1 unspecified atom stereocenters. The Morgan fingerprint density at radius 1 is 0.714 bits per heavy atom. The maximum Gasteiger partial charge on any atom is 0.126 e. The Bertz CT molecular complexity index is 617. The van der Waals surface area contributed by atoms with E-state index >= 15 is 0 Å². The smallest absolute Gasteiger partial charge is 0.126 e. The molecule has 1 nitrogen and oxygen atoms in total. The van der Waals surface area contributed by atoms with Crippen LogP contribution in [0.15, 0.2) is 42.5 Å². The molecule has 0 radical (unpaired) electrons. The Hall–Kier alpha value is -1.74. The number of hydrogen-bond donors (Lipinski definition) is 1. The molecule has 0 fully saturated rings. The molecule has 2 rings (SSSR count). The van der Waals surface area contributed by atoms with Crippen molar-refractivity contribution in [2.45, 2.75) is 38.7 Å². The summed E-state index contributed by atoms with van der Waals surface area (Å²) in [6.45, 7) is 7.83.